The molecule has 9 nitrogen and oxygen atoms in total. The summed E-state index contributed by atoms with van der Waals surface area (Å²) in [7, 11) is 1.93. The maximum absolute atomic E-state index is 13.4. The van der Waals surface area contributed by atoms with E-state index in [0.29, 0.717) is 56.5 Å². The SMILES string of the molecule is CCNc1ncc2c(n1)N(C)CCN(c1cccc(C3=CCN(C(=O)O)CC3)c1)C2=O. The Bertz CT molecular complexity index is 1040. The Balaban J connectivity index is 1.62. The molecular weight excluding hydrogens is 396 g/mol. The Kier molecular flexibility index (Phi) is 5.75. The van der Waals surface area contributed by atoms with E-state index in [0.717, 1.165) is 16.8 Å². The number of amides is 2. The van der Waals surface area contributed by atoms with Crippen molar-refractivity contribution < 1.29 is 14.7 Å². The molecule has 3 heterocycles. The highest BCUT2D eigenvalue weighted by Gasteiger charge is 2.28. The van der Waals surface area contributed by atoms with E-state index >= 15 is 0 Å². The van der Waals surface area contributed by atoms with E-state index in [-0.39, 0.29) is 5.91 Å². The third kappa shape index (κ3) is 4.16. The minimum Gasteiger partial charge on any atom is -0.465 e. The van der Waals surface area contributed by atoms with Gasteiger partial charge in [0.15, 0.2) is 0 Å². The van der Waals surface area contributed by atoms with Crippen molar-refractivity contribution in [3.05, 3.63) is 47.7 Å². The molecule has 1 aromatic carbocycles. The van der Waals surface area contributed by atoms with E-state index in [9.17, 15) is 9.59 Å². The molecular formula is C22H26N6O3. The summed E-state index contributed by atoms with van der Waals surface area (Å²) in [5.41, 5.74) is 3.38. The second-order valence-electron chi connectivity index (χ2n) is 7.60. The van der Waals surface area contributed by atoms with Gasteiger partial charge in [0, 0.05) is 51.7 Å². The van der Waals surface area contributed by atoms with Gasteiger partial charge in [0.1, 0.15) is 11.4 Å². The number of nitrogens with one attached hydrogen (secondary N) is 1. The van der Waals surface area contributed by atoms with Crippen LogP contribution in [0.4, 0.5) is 22.2 Å². The van der Waals surface area contributed by atoms with Crippen LogP contribution in [0.1, 0.15) is 29.3 Å². The average molecular weight is 422 g/mol. The van der Waals surface area contributed by atoms with E-state index in [2.05, 4.69) is 15.3 Å². The lowest BCUT2D eigenvalue weighted by molar-refractivity contribution is 0.0989. The summed E-state index contributed by atoms with van der Waals surface area (Å²) in [6, 6.07) is 7.86. The molecule has 0 bridgehead atoms. The van der Waals surface area contributed by atoms with Crippen molar-refractivity contribution in [1.82, 2.24) is 14.9 Å². The fourth-order valence-corrected chi connectivity index (χ4v) is 3.89. The molecule has 31 heavy (non-hydrogen) atoms. The number of rotatable bonds is 4. The summed E-state index contributed by atoms with van der Waals surface area (Å²) in [6.45, 7) is 4.69. The van der Waals surface area contributed by atoms with Crippen molar-refractivity contribution >= 4 is 35.0 Å². The Hall–Kier alpha value is -3.62. The number of fused-ring (bicyclic) bond motifs is 1. The molecule has 0 atom stereocenters. The molecule has 0 radical (unpaired) electrons. The monoisotopic (exact) mass is 422 g/mol. The fourth-order valence-electron chi connectivity index (χ4n) is 3.89. The van der Waals surface area contributed by atoms with Crippen molar-refractivity contribution in [2.75, 3.05) is 54.9 Å². The normalized spacial score (nSPS) is 16.5. The van der Waals surface area contributed by atoms with Gasteiger partial charge in [0.2, 0.25) is 5.95 Å². The van der Waals surface area contributed by atoms with Crippen molar-refractivity contribution in [1.29, 1.82) is 0 Å². The number of carboxylic acid groups (broad SMARTS) is 1. The van der Waals surface area contributed by atoms with E-state index in [1.54, 1.807) is 11.1 Å². The lowest BCUT2D eigenvalue weighted by atomic mass is 9.99. The molecule has 9 heteroatoms. The molecule has 4 rings (SSSR count). The van der Waals surface area contributed by atoms with Crippen molar-refractivity contribution in [3.8, 4) is 0 Å². The van der Waals surface area contributed by atoms with Crippen LogP contribution in [0.3, 0.4) is 0 Å². The van der Waals surface area contributed by atoms with Crippen LogP contribution in [0.25, 0.3) is 5.57 Å². The quantitative estimate of drug-likeness (QED) is 0.781. The fraction of sp³-hybridized carbons (Fsp3) is 0.364. The molecule has 2 N–H and O–H groups in total. The van der Waals surface area contributed by atoms with Gasteiger partial charge in [-0.2, -0.15) is 4.98 Å². The average Bonchev–Trinajstić information content (AvgIpc) is 2.91. The maximum atomic E-state index is 13.4. The minimum absolute atomic E-state index is 0.130. The highest BCUT2D eigenvalue weighted by atomic mass is 16.4. The predicted octanol–water partition coefficient (Wildman–Crippen LogP) is 2.77. The van der Waals surface area contributed by atoms with Gasteiger partial charge >= 0.3 is 6.09 Å². The summed E-state index contributed by atoms with van der Waals surface area (Å²) >= 11 is 0. The van der Waals surface area contributed by atoms with Crippen LogP contribution in [-0.2, 0) is 0 Å². The molecule has 162 valence electrons. The minimum atomic E-state index is -0.901. The van der Waals surface area contributed by atoms with Crippen molar-refractivity contribution in [2.45, 2.75) is 13.3 Å². The Labute approximate surface area is 181 Å². The number of aromatic nitrogens is 2. The van der Waals surface area contributed by atoms with Crippen LogP contribution in [0, 0.1) is 0 Å². The Morgan fingerprint density at radius 1 is 1.26 bits per heavy atom. The summed E-state index contributed by atoms with van der Waals surface area (Å²) in [6.07, 6.45) is 3.28. The second-order valence-corrected chi connectivity index (χ2v) is 7.60. The van der Waals surface area contributed by atoms with E-state index < -0.39 is 6.09 Å². The number of nitrogens with zero attached hydrogens (tertiary/aromatic N) is 5. The first kappa shape index (κ1) is 20.6. The van der Waals surface area contributed by atoms with Gasteiger partial charge < -0.3 is 25.1 Å². The van der Waals surface area contributed by atoms with Crippen molar-refractivity contribution in [2.24, 2.45) is 0 Å². The molecule has 2 aliphatic rings. The zero-order valence-corrected chi connectivity index (χ0v) is 17.7. The van der Waals surface area contributed by atoms with Crippen LogP contribution in [-0.4, -0.2) is 71.7 Å². The summed E-state index contributed by atoms with van der Waals surface area (Å²) in [5, 5.41) is 12.2. The van der Waals surface area contributed by atoms with E-state index in [4.69, 9.17) is 5.11 Å². The molecule has 0 aliphatic carbocycles. The molecule has 2 aliphatic heterocycles. The third-order valence-electron chi connectivity index (χ3n) is 5.61. The van der Waals surface area contributed by atoms with Crippen LogP contribution >= 0.6 is 0 Å². The first-order valence-electron chi connectivity index (χ1n) is 10.4. The zero-order chi connectivity index (χ0) is 22.0. The molecule has 0 saturated heterocycles. The molecule has 2 aromatic rings. The van der Waals surface area contributed by atoms with Crippen LogP contribution < -0.4 is 15.1 Å². The van der Waals surface area contributed by atoms with E-state index in [1.807, 2.05) is 49.2 Å². The van der Waals surface area contributed by atoms with Crippen molar-refractivity contribution in [3.63, 3.8) is 0 Å². The van der Waals surface area contributed by atoms with Crippen LogP contribution in [0.2, 0.25) is 0 Å². The van der Waals surface area contributed by atoms with Gasteiger partial charge in [0.05, 0.1) is 0 Å². The summed E-state index contributed by atoms with van der Waals surface area (Å²) in [5.74, 6) is 1.00. The topological polar surface area (TPSA) is 102 Å². The molecule has 0 spiro atoms. The zero-order valence-electron chi connectivity index (χ0n) is 17.7. The van der Waals surface area contributed by atoms with Gasteiger partial charge in [-0.3, -0.25) is 4.79 Å². The highest BCUT2D eigenvalue weighted by molar-refractivity contribution is 6.09. The number of benzene rings is 1. The Morgan fingerprint density at radius 3 is 2.81 bits per heavy atom. The molecule has 2 amide bonds. The molecule has 0 saturated carbocycles. The number of likely N-dealkylation sites (N-methyl/N-ethyl adjacent to an activating group) is 1. The van der Waals surface area contributed by atoms with E-state index in [1.165, 1.54) is 4.90 Å². The number of hydrogen-bond acceptors (Lipinski definition) is 6. The Morgan fingerprint density at radius 2 is 2.10 bits per heavy atom. The van der Waals surface area contributed by atoms with Gasteiger partial charge in [0.25, 0.3) is 5.91 Å². The highest BCUT2D eigenvalue weighted by Crippen LogP contribution is 2.29. The second kappa shape index (κ2) is 8.63. The smallest absolute Gasteiger partial charge is 0.407 e. The number of carbonyl (C=O) groups is 2. The molecule has 0 fully saturated rings. The summed E-state index contributed by atoms with van der Waals surface area (Å²) in [4.78, 5) is 38.5. The number of carbonyl (C=O) groups excluding carboxylic acids is 1. The summed E-state index contributed by atoms with van der Waals surface area (Å²) < 4.78 is 0. The standard InChI is InChI=1S/C22H26N6O3/c1-3-23-21-24-14-18-19(25-21)26(2)11-12-28(20(18)29)17-6-4-5-16(13-17)15-7-9-27(10-8-15)22(30)31/h4-7,13-14H,3,8-12H2,1-2H3,(H,30,31)(H,23,24,25). The van der Waals surface area contributed by atoms with Crippen LogP contribution in [0.15, 0.2) is 36.5 Å². The first-order chi connectivity index (χ1) is 15.0. The van der Waals surface area contributed by atoms with Crippen LogP contribution in [0.5, 0.6) is 0 Å². The predicted molar refractivity (Wildman–Crippen MR) is 120 cm³/mol. The maximum Gasteiger partial charge on any atom is 0.407 e. The molecule has 0 unspecified atom stereocenters. The van der Waals surface area contributed by atoms with Gasteiger partial charge in [-0.15, -0.1) is 0 Å². The largest absolute Gasteiger partial charge is 0.465 e. The lowest BCUT2D eigenvalue weighted by Gasteiger charge is -2.25. The lowest BCUT2D eigenvalue weighted by Crippen LogP contribution is -2.34. The van der Waals surface area contributed by atoms with Gasteiger partial charge in [-0.1, -0.05) is 18.2 Å². The first-order valence-corrected chi connectivity index (χ1v) is 10.4. The van der Waals surface area contributed by atoms with Gasteiger partial charge in [-0.05, 0) is 36.6 Å². The van der Waals surface area contributed by atoms with Gasteiger partial charge in [-0.25, -0.2) is 9.78 Å². The number of hydrogen-bond donors (Lipinski definition) is 2. The third-order valence-corrected chi connectivity index (χ3v) is 5.61. The number of anilines is 3. The molecule has 1 aromatic heterocycles.